The summed E-state index contributed by atoms with van der Waals surface area (Å²) < 4.78 is 106. The van der Waals surface area contributed by atoms with E-state index in [1.807, 2.05) is 4.72 Å². The summed E-state index contributed by atoms with van der Waals surface area (Å²) in [6.45, 7) is 1.57. The summed E-state index contributed by atoms with van der Waals surface area (Å²) in [6.07, 6.45) is -10.4. The molecule has 30 heavy (non-hydrogen) atoms. The summed E-state index contributed by atoms with van der Waals surface area (Å²) in [5, 5.41) is 10.8. The van der Waals surface area contributed by atoms with Gasteiger partial charge in [-0.1, -0.05) is 6.07 Å². The molecule has 0 spiro atoms. The van der Waals surface area contributed by atoms with Crippen LogP contribution in [-0.4, -0.2) is 28.6 Å². The topological polar surface area (TPSA) is 89.8 Å². The number of hydrogen-bond donors (Lipinski definition) is 1. The first-order chi connectivity index (χ1) is 13.8. The van der Waals surface area contributed by atoms with Gasteiger partial charge in [-0.3, -0.25) is 4.72 Å². The van der Waals surface area contributed by atoms with Crippen molar-refractivity contribution < 1.29 is 34.8 Å². The SMILES string of the molecule is Cc1nnnn1-c1cccc(NS(=O)(=O)c2cc(C(F)(F)F)cc(C(F)(F)F)c2)c1. The number of benzene rings is 2. The molecule has 0 aliphatic carbocycles. The minimum absolute atomic E-state index is 0.117. The van der Waals surface area contributed by atoms with Crippen LogP contribution in [0.3, 0.4) is 0 Å². The third-order valence-corrected chi connectivity index (χ3v) is 5.20. The van der Waals surface area contributed by atoms with E-state index < -0.39 is 38.4 Å². The van der Waals surface area contributed by atoms with Crippen LogP contribution in [0, 0.1) is 6.92 Å². The number of hydrogen-bond acceptors (Lipinski definition) is 5. The Kier molecular flexibility index (Phi) is 5.22. The highest BCUT2D eigenvalue weighted by molar-refractivity contribution is 7.92. The van der Waals surface area contributed by atoms with Crippen molar-refractivity contribution in [2.24, 2.45) is 0 Å². The number of aromatic nitrogens is 4. The molecule has 0 atom stereocenters. The van der Waals surface area contributed by atoms with E-state index in [-0.39, 0.29) is 23.9 Å². The van der Waals surface area contributed by atoms with Crippen molar-refractivity contribution in [2.45, 2.75) is 24.2 Å². The first kappa shape index (κ1) is 21.5. The fourth-order valence-electron chi connectivity index (χ4n) is 2.47. The molecule has 0 saturated heterocycles. The van der Waals surface area contributed by atoms with Crippen LogP contribution in [0.15, 0.2) is 47.4 Å². The number of anilines is 1. The fraction of sp³-hybridized carbons (Fsp3) is 0.188. The van der Waals surface area contributed by atoms with Crippen LogP contribution >= 0.6 is 0 Å². The predicted molar refractivity (Wildman–Crippen MR) is 91.1 cm³/mol. The monoisotopic (exact) mass is 451 g/mol. The van der Waals surface area contributed by atoms with E-state index in [9.17, 15) is 34.8 Å². The minimum atomic E-state index is -5.18. The maximum atomic E-state index is 13.0. The molecular formula is C16H11F6N5O2S. The highest BCUT2D eigenvalue weighted by Gasteiger charge is 2.38. The number of aryl methyl sites for hydroxylation is 1. The Morgan fingerprint density at radius 2 is 1.53 bits per heavy atom. The van der Waals surface area contributed by atoms with Crippen LogP contribution in [0.1, 0.15) is 17.0 Å². The molecule has 7 nitrogen and oxygen atoms in total. The average molecular weight is 451 g/mol. The Bertz CT molecular complexity index is 1160. The summed E-state index contributed by atoms with van der Waals surface area (Å²) in [5.41, 5.74) is -3.28. The minimum Gasteiger partial charge on any atom is -0.280 e. The van der Waals surface area contributed by atoms with E-state index in [0.717, 1.165) is 0 Å². The van der Waals surface area contributed by atoms with Gasteiger partial charge in [0.05, 0.1) is 27.4 Å². The molecule has 2 aromatic carbocycles. The van der Waals surface area contributed by atoms with Gasteiger partial charge in [-0.25, -0.2) is 8.42 Å². The highest BCUT2D eigenvalue weighted by Crippen LogP contribution is 2.37. The quantitative estimate of drug-likeness (QED) is 0.610. The van der Waals surface area contributed by atoms with Crippen molar-refractivity contribution in [3.8, 4) is 5.69 Å². The van der Waals surface area contributed by atoms with Gasteiger partial charge in [-0.2, -0.15) is 31.0 Å². The van der Waals surface area contributed by atoms with E-state index in [0.29, 0.717) is 11.5 Å². The molecule has 1 aromatic heterocycles. The van der Waals surface area contributed by atoms with Crippen LogP contribution in [0.25, 0.3) is 5.69 Å². The van der Waals surface area contributed by atoms with Gasteiger partial charge in [0.25, 0.3) is 10.0 Å². The molecule has 0 aliphatic heterocycles. The zero-order valence-corrected chi connectivity index (χ0v) is 15.6. The molecule has 1 N–H and O–H groups in total. The van der Waals surface area contributed by atoms with Gasteiger partial charge in [-0.15, -0.1) is 5.10 Å². The lowest BCUT2D eigenvalue weighted by molar-refractivity contribution is -0.143. The van der Waals surface area contributed by atoms with E-state index >= 15 is 0 Å². The number of nitrogens with one attached hydrogen (secondary N) is 1. The molecule has 14 heteroatoms. The van der Waals surface area contributed by atoms with E-state index in [2.05, 4.69) is 15.5 Å². The molecular weight excluding hydrogens is 440 g/mol. The second kappa shape index (κ2) is 7.27. The number of tetrazole rings is 1. The first-order valence-electron chi connectivity index (χ1n) is 7.95. The lowest BCUT2D eigenvalue weighted by atomic mass is 10.1. The third kappa shape index (κ3) is 4.53. The Morgan fingerprint density at radius 1 is 0.933 bits per heavy atom. The normalized spacial score (nSPS) is 12.8. The number of sulfonamides is 1. The van der Waals surface area contributed by atoms with E-state index in [4.69, 9.17) is 0 Å². The molecule has 0 fully saturated rings. The smallest absolute Gasteiger partial charge is 0.280 e. The molecule has 0 unspecified atom stereocenters. The van der Waals surface area contributed by atoms with Gasteiger partial charge in [0, 0.05) is 0 Å². The summed E-state index contributed by atoms with van der Waals surface area (Å²) in [5.74, 6) is 0.364. The van der Waals surface area contributed by atoms with E-state index in [1.165, 1.54) is 28.9 Å². The van der Waals surface area contributed by atoms with Gasteiger partial charge in [0.2, 0.25) is 0 Å². The molecule has 0 bridgehead atoms. The zero-order valence-electron chi connectivity index (χ0n) is 14.8. The number of rotatable bonds is 4. The van der Waals surface area contributed by atoms with Crippen LogP contribution in [0.5, 0.6) is 0 Å². The van der Waals surface area contributed by atoms with Gasteiger partial charge < -0.3 is 0 Å². The van der Waals surface area contributed by atoms with Crippen molar-refractivity contribution >= 4 is 15.7 Å². The second-order valence-electron chi connectivity index (χ2n) is 6.04. The molecule has 1 heterocycles. The van der Waals surface area contributed by atoms with Crippen molar-refractivity contribution in [3.63, 3.8) is 0 Å². The van der Waals surface area contributed by atoms with E-state index in [1.54, 1.807) is 6.92 Å². The molecule has 0 aliphatic rings. The zero-order chi connectivity index (χ0) is 22.3. The number of alkyl halides is 6. The van der Waals surface area contributed by atoms with Gasteiger partial charge in [-0.05, 0) is 53.7 Å². The van der Waals surface area contributed by atoms with Crippen molar-refractivity contribution in [1.82, 2.24) is 20.2 Å². The predicted octanol–water partition coefficient (Wildman–Crippen LogP) is 3.81. The van der Waals surface area contributed by atoms with Gasteiger partial charge in [0.15, 0.2) is 5.82 Å². The number of halogens is 6. The highest BCUT2D eigenvalue weighted by atomic mass is 32.2. The summed E-state index contributed by atoms with van der Waals surface area (Å²) in [6, 6.07) is 5.56. The summed E-state index contributed by atoms with van der Waals surface area (Å²) in [7, 11) is -4.79. The Balaban J connectivity index is 2.03. The average Bonchev–Trinajstić information content (AvgIpc) is 3.06. The van der Waals surface area contributed by atoms with Crippen molar-refractivity contribution in [3.05, 3.63) is 59.4 Å². The molecule has 0 saturated carbocycles. The Hall–Kier alpha value is -3.16. The number of nitrogens with zero attached hydrogens (tertiary/aromatic N) is 4. The van der Waals surface area contributed by atoms with Gasteiger partial charge >= 0.3 is 12.4 Å². The van der Waals surface area contributed by atoms with Crippen LogP contribution in [0.2, 0.25) is 0 Å². The first-order valence-corrected chi connectivity index (χ1v) is 9.43. The third-order valence-electron chi connectivity index (χ3n) is 3.84. The molecule has 3 rings (SSSR count). The molecule has 160 valence electrons. The summed E-state index contributed by atoms with van der Waals surface area (Å²) in [4.78, 5) is -1.19. The standard InChI is InChI=1S/C16H11F6N5O2S/c1-9-23-25-26-27(9)13-4-2-3-12(8-13)24-30(28,29)14-6-10(15(17,18)19)5-11(7-14)16(20,21)22/h2-8,24H,1H3. The largest absolute Gasteiger partial charge is 0.416 e. The van der Waals surface area contributed by atoms with Crippen LogP contribution < -0.4 is 4.72 Å². The fourth-order valence-corrected chi connectivity index (χ4v) is 3.59. The molecule has 3 aromatic rings. The Labute approximate surface area is 165 Å². The van der Waals surface area contributed by atoms with Crippen molar-refractivity contribution in [1.29, 1.82) is 0 Å². The molecule has 0 amide bonds. The molecule has 0 radical (unpaired) electrons. The van der Waals surface area contributed by atoms with Crippen molar-refractivity contribution in [2.75, 3.05) is 4.72 Å². The summed E-state index contributed by atoms with van der Waals surface area (Å²) >= 11 is 0. The second-order valence-corrected chi connectivity index (χ2v) is 7.72. The van der Waals surface area contributed by atoms with Crippen LogP contribution in [0.4, 0.5) is 32.0 Å². The lowest BCUT2D eigenvalue weighted by Crippen LogP contribution is -2.17. The Morgan fingerprint density at radius 3 is 2.03 bits per heavy atom. The lowest BCUT2D eigenvalue weighted by Gasteiger charge is -2.15. The maximum absolute atomic E-state index is 13.0. The van der Waals surface area contributed by atoms with Crippen LogP contribution in [-0.2, 0) is 22.4 Å². The van der Waals surface area contributed by atoms with Gasteiger partial charge in [0.1, 0.15) is 0 Å². The maximum Gasteiger partial charge on any atom is 0.416 e.